The smallest absolute Gasteiger partial charge is 0.337 e. The van der Waals surface area contributed by atoms with Gasteiger partial charge >= 0.3 is 5.97 Å². The van der Waals surface area contributed by atoms with Crippen LogP contribution in [0.1, 0.15) is 35.6 Å². The standard InChI is InChI=1S/C13H16N2O3/c1-8(6-7-16)15-9(2)14-11-5-3-4-10(12(11)15)13(17)18/h3-5,8,16H,6-7H2,1-2H3,(H,17,18). The van der Waals surface area contributed by atoms with Crippen LogP contribution in [0.4, 0.5) is 0 Å². The second-order valence-corrected chi connectivity index (χ2v) is 4.37. The number of benzene rings is 1. The zero-order valence-corrected chi connectivity index (χ0v) is 10.4. The molecule has 2 N–H and O–H groups in total. The molecule has 1 unspecified atom stereocenters. The molecule has 0 fully saturated rings. The van der Waals surface area contributed by atoms with Crippen LogP contribution in [-0.4, -0.2) is 32.3 Å². The topological polar surface area (TPSA) is 75.3 Å². The molecule has 0 amide bonds. The highest BCUT2D eigenvalue weighted by Crippen LogP contribution is 2.25. The number of fused-ring (bicyclic) bond motifs is 1. The van der Waals surface area contributed by atoms with Crippen molar-refractivity contribution < 1.29 is 15.0 Å². The first-order valence-electron chi connectivity index (χ1n) is 5.88. The summed E-state index contributed by atoms with van der Waals surface area (Å²) >= 11 is 0. The van der Waals surface area contributed by atoms with Gasteiger partial charge in [-0.2, -0.15) is 0 Å². The van der Waals surface area contributed by atoms with Crippen LogP contribution in [-0.2, 0) is 0 Å². The van der Waals surface area contributed by atoms with Gasteiger partial charge in [-0.25, -0.2) is 9.78 Å². The summed E-state index contributed by atoms with van der Waals surface area (Å²) in [6, 6.07) is 5.09. The third-order valence-corrected chi connectivity index (χ3v) is 3.10. The lowest BCUT2D eigenvalue weighted by Gasteiger charge is -2.16. The molecule has 5 heteroatoms. The number of imidazole rings is 1. The van der Waals surface area contributed by atoms with Gasteiger partial charge in [0.1, 0.15) is 5.82 Å². The van der Waals surface area contributed by atoms with Crippen molar-refractivity contribution in [3.8, 4) is 0 Å². The summed E-state index contributed by atoms with van der Waals surface area (Å²) in [4.78, 5) is 15.6. The molecular formula is C13H16N2O3. The number of hydrogen-bond donors (Lipinski definition) is 2. The van der Waals surface area contributed by atoms with Crippen molar-refractivity contribution in [1.82, 2.24) is 9.55 Å². The van der Waals surface area contributed by atoms with Crippen LogP contribution in [0.2, 0.25) is 0 Å². The number of aliphatic hydroxyl groups excluding tert-OH is 1. The van der Waals surface area contributed by atoms with Gasteiger partial charge < -0.3 is 14.8 Å². The van der Waals surface area contributed by atoms with Gasteiger partial charge in [-0.05, 0) is 32.4 Å². The van der Waals surface area contributed by atoms with Crippen molar-refractivity contribution in [2.75, 3.05) is 6.61 Å². The van der Waals surface area contributed by atoms with Gasteiger partial charge in [-0.1, -0.05) is 6.07 Å². The van der Waals surface area contributed by atoms with Crippen LogP contribution in [0.25, 0.3) is 11.0 Å². The first-order chi connectivity index (χ1) is 8.56. The van der Waals surface area contributed by atoms with Crippen LogP contribution in [0.5, 0.6) is 0 Å². The fourth-order valence-corrected chi connectivity index (χ4v) is 2.29. The summed E-state index contributed by atoms with van der Waals surface area (Å²) in [6.45, 7) is 3.86. The molecule has 1 atom stereocenters. The molecule has 0 bridgehead atoms. The summed E-state index contributed by atoms with van der Waals surface area (Å²) in [5, 5.41) is 18.3. The predicted molar refractivity (Wildman–Crippen MR) is 67.8 cm³/mol. The van der Waals surface area contributed by atoms with Gasteiger partial charge in [0.15, 0.2) is 0 Å². The largest absolute Gasteiger partial charge is 0.478 e. The molecule has 0 aliphatic heterocycles. The van der Waals surface area contributed by atoms with Crippen molar-refractivity contribution in [2.45, 2.75) is 26.3 Å². The number of nitrogens with zero attached hydrogens (tertiary/aromatic N) is 2. The second kappa shape index (κ2) is 4.78. The van der Waals surface area contributed by atoms with E-state index in [4.69, 9.17) is 5.11 Å². The molecule has 96 valence electrons. The lowest BCUT2D eigenvalue weighted by atomic mass is 10.1. The Balaban J connectivity index is 2.71. The van der Waals surface area contributed by atoms with Crippen molar-refractivity contribution in [3.05, 3.63) is 29.6 Å². The molecule has 18 heavy (non-hydrogen) atoms. The molecule has 0 aliphatic carbocycles. The molecule has 0 aliphatic rings. The highest BCUT2D eigenvalue weighted by atomic mass is 16.4. The Labute approximate surface area is 105 Å². The van der Waals surface area contributed by atoms with Gasteiger partial charge in [0.25, 0.3) is 0 Å². The van der Waals surface area contributed by atoms with Crippen LogP contribution in [0.3, 0.4) is 0 Å². The molecule has 5 nitrogen and oxygen atoms in total. The molecule has 0 saturated heterocycles. The van der Waals surface area contributed by atoms with Gasteiger partial charge in [0, 0.05) is 12.6 Å². The van der Waals surface area contributed by atoms with E-state index in [0.717, 1.165) is 5.82 Å². The van der Waals surface area contributed by atoms with Gasteiger partial charge in [0.2, 0.25) is 0 Å². The van der Waals surface area contributed by atoms with E-state index in [1.54, 1.807) is 18.2 Å². The van der Waals surface area contributed by atoms with Crippen molar-refractivity contribution in [3.63, 3.8) is 0 Å². The number of hydrogen-bond acceptors (Lipinski definition) is 3. The first-order valence-corrected chi connectivity index (χ1v) is 5.88. The number of rotatable bonds is 4. The third kappa shape index (κ3) is 1.97. The zero-order valence-electron chi connectivity index (χ0n) is 10.4. The maximum absolute atomic E-state index is 11.3. The Morgan fingerprint density at radius 2 is 2.22 bits per heavy atom. The maximum Gasteiger partial charge on any atom is 0.337 e. The Morgan fingerprint density at radius 3 is 2.83 bits per heavy atom. The summed E-state index contributed by atoms with van der Waals surface area (Å²) in [5.74, 6) is -0.197. The number of aromatic nitrogens is 2. The molecule has 2 rings (SSSR count). The van der Waals surface area contributed by atoms with Crippen molar-refractivity contribution in [2.24, 2.45) is 0 Å². The maximum atomic E-state index is 11.3. The van der Waals surface area contributed by atoms with Gasteiger partial charge in [-0.3, -0.25) is 0 Å². The van der Waals surface area contributed by atoms with E-state index in [1.165, 1.54) is 0 Å². The minimum atomic E-state index is -0.960. The molecule has 1 aromatic heterocycles. The summed E-state index contributed by atoms with van der Waals surface area (Å²) in [6.07, 6.45) is 0.570. The van der Waals surface area contributed by atoms with E-state index in [1.807, 2.05) is 18.4 Å². The Kier molecular flexibility index (Phi) is 3.34. The lowest BCUT2D eigenvalue weighted by molar-refractivity contribution is 0.0698. The average Bonchev–Trinajstić information content (AvgIpc) is 2.64. The van der Waals surface area contributed by atoms with E-state index in [2.05, 4.69) is 4.98 Å². The fraction of sp³-hybridized carbons (Fsp3) is 0.385. The van der Waals surface area contributed by atoms with E-state index in [9.17, 15) is 9.90 Å². The second-order valence-electron chi connectivity index (χ2n) is 4.37. The molecule has 1 aromatic carbocycles. The quantitative estimate of drug-likeness (QED) is 0.867. The Hall–Kier alpha value is -1.88. The minimum absolute atomic E-state index is 0.0144. The number of carboxylic acid groups (broad SMARTS) is 1. The normalized spacial score (nSPS) is 12.8. The van der Waals surface area contributed by atoms with E-state index >= 15 is 0 Å². The van der Waals surface area contributed by atoms with E-state index in [-0.39, 0.29) is 18.2 Å². The molecule has 0 radical (unpaired) electrons. The molecule has 0 saturated carbocycles. The van der Waals surface area contributed by atoms with Crippen molar-refractivity contribution >= 4 is 17.0 Å². The van der Waals surface area contributed by atoms with Gasteiger partial charge in [-0.15, -0.1) is 0 Å². The lowest BCUT2D eigenvalue weighted by Crippen LogP contribution is -2.11. The van der Waals surface area contributed by atoms with Crippen molar-refractivity contribution in [1.29, 1.82) is 0 Å². The molecule has 1 heterocycles. The number of carboxylic acids is 1. The Morgan fingerprint density at radius 1 is 1.50 bits per heavy atom. The van der Waals surface area contributed by atoms with Crippen LogP contribution in [0, 0.1) is 6.92 Å². The van der Waals surface area contributed by atoms with Crippen LogP contribution < -0.4 is 0 Å². The highest BCUT2D eigenvalue weighted by Gasteiger charge is 2.18. The zero-order chi connectivity index (χ0) is 13.3. The monoisotopic (exact) mass is 248 g/mol. The average molecular weight is 248 g/mol. The number of carbonyl (C=O) groups is 1. The predicted octanol–water partition coefficient (Wildman–Crippen LogP) is 1.99. The summed E-state index contributed by atoms with van der Waals surface area (Å²) < 4.78 is 1.88. The highest BCUT2D eigenvalue weighted by molar-refractivity contribution is 6.01. The Bertz CT molecular complexity index is 589. The van der Waals surface area contributed by atoms with Gasteiger partial charge in [0.05, 0.1) is 16.6 Å². The van der Waals surface area contributed by atoms with E-state index < -0.39 is 5.97 Å². The summed E-state index contributed by atoms with van der Waals surface area (Å²) in [5.41, 5.74) is 1.55. The SMILES string of the molecule is Cc1nc2cccc(C(=O)O)c2n1C(C)CCO. The minimum Gasteiger partial charge on any atom is -0.478 e. The fourth-order valence-electron chi connectivity index (χ4n) is 2.29. The van der Waals surface area contributed by atoms with E-state index in [0.29, 0.717) is 17.5 Å². The third-order valence-electron chi connectivity index (χ3n) is 3.10. The first kappa shape index (κ1) is 12.6. The van der Waals surface area contributed by atoms with Crippen LogP contribution >= 0.6 is 0 Å². The molecule has 2 aromatic rings. The number of aliphatic hydroxyl groups is 1. The molecular weight excluding hydrogens is 232 g/mol. The molecule has 0 spiro atoms. The number of aromatic carboxylic acids is 1. The number of aryl methyl sites for hydroxylation is 1. The van der Waals surface area contributed by atoms with Crippen LogP contribution in [0.15, 0.2) is 18.2 Å². The summed E-state index contributed by atoms with van der Waals surface area (Å²) in [7, 11) is 0. The number of para-hydroxylation sites is 1.